The molecule has 0 spiro atoms. The molecule has 1 N–H and O–H groups in total. The second-order valence-corrected chi connectivity index (χ2v) is 6.45. The van der Waals surface area contributed by atoms with Gasteiger partial charge in [0.1, 0.15) is 0 Å². The van der Waals surface area contributed by atoms with Crippen molar-refractivity contribution in [3.63, 3.8) is 0 Å². The molecule has 1 heterocycles. The summed E-state index contributed by atoms with van der Waals surface area (Å²) in [7, 11) is 2.10. The fourth-order valence-electron chi connectivity index (χ4n) is 2.10. The number of pyridine rings is 1. The Kier molecular flexibility index (Phi) is 7.10. The van der Waals surface area contributed by atoms with Gasteiger partial charge in [0.2, 0.25) is 5.91 Å². The molecule has 1 aromatic carbocycles. The van der Waals surface area contributed by atoms with E-state index in [1.807, 2.05) is 24.3 Å². The summed E-state index contributed by atoms with van der Waals surface area (Å²) in [4.78, 5) is 19.2. The van der Waals surface area contributed by atoms with E-state index in [0.29, 0.717) is 12.3 Å². The van der Waals surface area contributed by atoms with Crippen LogP contribution in [0.25, 0.3) is 0 Å². The lowest BCUT2D eigenvalue weighted by atomic mass is 10.1. The normalized spacial score (nSPS) is 10.7. The van der Waals surface area contributed by atoms with Crippen molar-refractivity contribution in [2.75, 3.05) is 19.3 Å². The molecule has 0 aliphatic carbocycles. The summed E-state index contributed by atoms with van der Waals surface area (Å²) in [6.07, 6.45) is 3.47. The van der Waals surface area contributed by atoms with Gasteiger partial charge in [0.05, 0.1) is 5.75 Å². The highest BCUT2D eigenvalue weighted by Crippen LogP contribution is 2.15. The van der Waals surface area contributed by atoms with E-state index >= 15 is 0 Å². The maximum Gasteiger partial charge on any atom is 0.230 e. The zero-order valence-electron chi connectivity index (χ0n) is 13.7. The zero-order valence-corrected chi connectivity index (χ0v) is 14.5. The Morgan fingerprint density at radius 1 is 1.22 bits per heavy atom. The highest BCUT2D eigenvalue weighted by molar-refractivity contribution is 8.00. The van der Waals surface area contributed by atoms with Crippen LogP contribution in [-0.4, -0.2) is 35.1 Å². The molecule has 0 fully saturated rings. The van der Waals surface area contributed by atoms with Crippen molar-refractivity contribution in [3.05, 3.63) is 59.9 Å². The van der Waals surface area contributed by atoms with Crippen molar-refractivity contribution in [2.45, 2.75) is 24.9 Å². The molecular weight excluding hydrogens is 306 g/mol. The van der Waals surface area contributed by atoms with Crippen LogP contribution in [-0.2, 0) is 17.9 Å². The van der Waals surface area contributed by atoms with Crippen LogP contribution in [0.3, 0.4) is 0 Å². The summed E-state index contributed by atoms with van der Waals surface area (Å²) in [5.74, 6) is 0.463. The predicted molar refractivity (Wildman–Crippen MR) is 95.3 cm³/mol. The number of hydrogen-bond acceptors (Lipinski definition) is 4. The van der Waals surface area contributed by atoms with E-state index in [0.717, 1.165) is 23.5 Å². The monoisotopic (exact) mass is 329 g/mol. The number of rotatable bonds is 8. The Morgan fingerprint density at radius 2 is 1.96 bits per heavy atom. The number of nitrogens with one attached hydrogen (secondary N) is 1. The van der Waals surface area contributed by atoms with E-state index in [1.54, 1.807) is 12.4 Å². The standard InChI is InChI=1S/C18H23N3OS/c1-3-21(2)13-16-6-4-5-15(11-16)12-20-18(22)14-23-17-7-9-19-10-8-17/h4-11H,3,12-14H2,1-2H3,(H,20,22). The molecule has 2 rings (SSSR count). The van der Waals surface area contributed by atoms with Crippen molar-refractivity contribution in [1.82, 2.24) is 15.2 Å². The molecule has 0 unspecified atom stereocenters. The van der Waals surface area contributed by atoms with Crippen LogP contribution in [0.2, 0.25) is 0 Å². The van der Waals surface area contributed by atoms with Gasteiger partial charge in [-0.15, -0.1) is 11.8 Å². The summed E-state index contributed by atoms with van der Waals surface area (Å²) >= 11 is 1.52. The van der Waals surface area contributed by atoms with Gasteiger partial charge in [-0.2, -0.15) is 0 Å². The minimum atomic E-state index is 0.0443. The van der Waals surface area contributed by atoms with Crippen molar-refractivity contribution in [1.29, 1.82) is 0 Å². The molecule has 122 valence electrons. The molecule has 0 radical (unpaired) electrons. The largest absolute Gasteiger partial charge is 0.351 e. The topological polar surface area (TPSA) is 45.2 Å². The third kappa shape index (κ3) is 6.42. The third-order valence-electron chi connectivity index (χ3n) is 3.49. The van der Waals surface area contributed by atoms with Gasteiger partial charge in [-0.25, -0.2) is 0 Å². The summed E-state index contributed by atoms with van der Waals surface area (Å²) < 4.78 is 0. The minimum absolute atomic E-state index is 0.0443. The summed E-state index contributed by atoms with van der Waals surface area (Å²) in [5, 5.41) is 2.97. The van der Waals surface area contributed by atoms with Gasteiger partial charge in [0.25, 0.3) is 0 Å². The quantitative estimate of drug-likeness (QED) is 0.756. The first-order valence-electron chi connectivity index (χ1n) is 7.73. The van der Waals surface area contributed by atoms with Crippen LogP contribution >= 0.6 is 11.8 Å². The lowest BCUT2D eigenvalue weighted by Gasteiger charge is -2.14. The van der Waals surface area contributed by atoms with E-state index in [4.69, 9.17) is 0 Å². The number of carbonyl (C=O) groups is 1. The Balaban J connectivity index is 1.78. The molecule has 0 bridgehead atoms. The van der Waals surface area contributed by atoms with Gasteiger partial charge < -0.3 is 10.2 Å². The Hall–Kier alpha value is -1.85. The Bertz CT molecular complexity index is 619. The Labute approximate surface area is 142 Å². The zero-order chi connectivity index (χ0) is 16.5. The number of benzene rings is 1. The highest BCUT2D eigenvalue weighted by atomic mass is 32.2. The molecule has 0 aliphatic rings. The van der Waals surface area contributed by atoms with Gasteiger partial charge in [-0.1, -0.05) is 31.2 Å². The summed E-state index contributed by atoms with van der Waals surface area (Å²) in [6.45, 7) is 4.66. The van der Waals surface area contributed by atoms with Crippen molar-refractivity contribution in [3.8, 4) is 0 Å². The fraction of sp³-hybridized carbons (Fsp3) is 0.333. The number of nitrogens with zero attached hydrogens (tertiary/aromatic N) is 2. The van der Waals surface area contributed by atoms with Crippen LogP contribution in [0.1, 0.15) is 18.1 Å². The number of aromatic nitrogens is 1. The van der Waals surface area contributed by atoms with E-state index in [9.17, 15) is 4.79 Å². The van der Waals surface area contributed by atoms with Crippen molar-refractivity contribution >= 4 is 17.7 Å². The molecule has 0 saturated heterocycles. The van der Waals surface area contributed by atoms with Crippen LogP contribution in [0.5, 0.6) is 0 Å². The predicted octanol–water partition coefficient (Wildman–Crippen LogP) is 2.94. The number of hydrogen-bond donors (Lipinski definition) is 1. The first kappa shape index (κ1) is 17.5. The first-order valence-corrected chi connectivity index (χ1v) is 8.72. The second-order valence-electron chi connectivity index (χ2n) is 5.40. The molecule has 5 heteroatoms. The van der Waals surface area contributed by atoms with E-state index in [2.05, 4.69) is 41.3 Å². The van der Waals surface area contributed by atoms with Crippen molar-refractivity contribution < 1.29 is 4.79 Å². The molecule has 0 atom stereocenters. The second kappa shape index (κ2) is 9.33. The van der Waals surface area contributed by atoms with Gasteiger partial charge in [0.15, 0.2) is 0 Å². The average molecular weight is 329 g/mol. The van der Waals surface area contributed by atoms with Crippen LogP contribution in [0, 0.1) is 0 Å². The highest BCUT2D eigenvalue weighted by Gasteiger charge is 2.04. The lowest BCUT2D eigenvalue weighted by Crippen LogP contribution is -2.24. The maximum atomic E-state index is 11.9. The maximum absolute atomic E-state index is 11.9. The minimum Gasteiger partial charge on any atom is -0.351 e. The van der Waals surface area contributed by atoms with E-state index < -0.39 is 0 Å². The SMILES string of the molecule is CCN(C)Cc1cccc(CNC(=O)CSc2ccncc2)c1. The number of carbonyl (C=O) groups excluding carboxylic acids is 1. The average Bonchev–Trinajstić information content (AvgIpc) is 2.59. The third-order valence-corrected chi connectivity index (χ3v) is 4.51. The smallest absolute Gasteiger partial charge is 0.230 e. The summed E-state index contributed by atoms with van der Waals surface area (Å²) in [6, 6.07) is 12.2. The molecule has 23 heavy (non-hydrogen) atoms. The van der Waals surface area contributed by atoms with E-state index in [1.165, 1.54) is 17.3 Å². The van der Waals surface area contributed by atoms with Gasteiger partial charge >= 0.3 is 0 Å². The molecule has 2 aromatic rings. The van der Waals surface area contributed by atoms with Crippen molar-refractivity contribution in [2.24, 2.45) is 0 Å². The molecule has 1 amide bonds. The Morgan fingerprint density at radius 3 is 2.70 bits per heavy atom. The molecular formula is C18H23N3OS. The molecule has 0 saturated carbocycles. The van der Waals surface area contributed by atoms with Gasteiger partial charge in [-0.3, -0.25) is 9.78 Å². The molecule has 1 aromatic heterocycles. The first-order chi connectivity index (χ1) is 11.2. The lowest BCUT2D eigenvalue weighted by molar-refractivity contribution is -0.118. The van der Waals surface area contributed by atoms with Crippen LogP contribution in [0.4, 0.5) is 0 Å². The van der Waals surface area contributed by atoms with Crippen LogP contribution < -0.4 is 5.32 Å². The summed E-state index contributed by atoms with van der Waals surface area (Å²) in [5.41, 5.74) is 2.40. The molecule has 0 aliphatic heterocycles. The number of amides is 1. The van der Waals surface area contributed by atoms with Gasteiger partial charge in [0, 0.05) is 30.4 Å². The van der Waals surface area contributed by atoms with Crippen LogP contribution in [0.15, 0.2) is 53.7 Å². The van der Waals surface area contributed by atoms with Gasteiger partial charge in [-0.05, 0) is 36.9 Å². The molecule has 4 nitrogen and oxygen atoms in total. The van der Waals surface area contributed by atoms with E-state index in [-0.39, 0.29) is 5.91 Å². The fourth-order valence-corrected chi connectivity index (χ4v) is 2.81. The number of thioether (sulfide) groups is 1.